The van der Waals surface area contributed by atoms with Crippen LogP contribution in [0.3, 0.4) is 0 Å². The number of aryl methyl sites for hydroxylation is 1. The first-order valence-electron chi connectivity index (χ1n) is 10.3. The lowest BCUT2D eigenvalue weighted by molar-refractivity contribution is -0.385. The van der Waals surface area contributed by atoms with Gasteiger partial charge in [0.25, 0.3) is 11.6 Å². The van der Waals surface area contributed by atoms with E-state index in [9.17, 15) is 14.9 Å². The number of nitro groups is 1. The molecule has 0 saturated heterocycles. The summed E-state index contributed by atoms with van der Waals surface area (Å²) in [5, 5.41) is 16.5. The van der Waals surface area contributed by atoms with Gasteiger partial charge in [-0.25, -0.2) is 0 Å². The first kappa shape index (κ1) is 21.2. The lowest BCUT2D eigenvalue weighted by atomic mass is 10.1. The number of carbonyl (C=O) groups is 1. The van der Waals surface area contributed by atoms with Crippen LogP contribution in [0.25, 0.3) is 21.8 Å². The van der Waals surface area contributed by atoms with Crippen LogP contribution in [-0.4, -0.2) is 29.1 Å². The van der Waals surface area contributed by atoms with Crippen LogP contribution in [0.5, 0.6) is 11.5 Å². The molecule has 0 aliphatic carbocycles. The van der Waals surface area contributed by atoms with E-state index in [2.05, 4.69) is 22.9 Å². The molecule has 1 N–H and O–H groups in total. The van der Waals surface area contributed by atoms with Crippen molar-refractivity contribution in [1.82, 2.24) is 4.57 Å². The number of fused-ring (bicyclic) bond motifs is 3. The zero-order valence-corrected chi connectivity index (χ0v) is 18.0. The zero-order chi connectivity index (χ0) is 22.8. The van der Waals surface area contributed by atoms with Crippen molar-refractivity contribution in [3.63, 3.8) is 0 Å². The molecule has 1 aromatic heterocycles. The summed E-state index contributed by atoms with van der Waals surface area (Å²) in [4.78, 5) is 24.0. The van der Waals surface area contributed by atoms with Gasteiger partial charge in [0.2, 0.25) is 0 Å². The molecule has 3 aromatic carbocycles. The molecule has 8 heteroatoms. The van der Waals surface area contributed by atoms with E-state index in [1.165, 1.54) is 19.2 Å². The minimum absolute atomic E-state index is 0.105. The lowest BCUT2D eigenvalue weighted by Crippen LogP contribution is -2.14. The monoisotopic (exact) mass is 433 g/mol. The first-order valence-corrected chi connectivity index (χ1v) is 10.3. The highest BCUT2D eigenvalue weighted by Gasteiger charge is 2.25. The number of hydrogen-bond acceptors (Lipinski definition) is 5. The molecule has 4 rings (SSSR count). The van der Waals surface area contributed by atoms with Gasteiger partial charge in [0.05, 0.1) is 24.7 Å². The first-order chi connectivity index (χ1) is 15.5. The van der Waals surface area contributed by atoms with Crippen LogP contribution < -0.4 is 14.8 Å². The van der Waals surface area contributed by atoms with Crippen molar-refractivity contribution in [1.29, 1.82) is 0 Å². The number of methoxy groups -OCH3 is 1. The highest BCUT2D eigenvalue weighted by atomic mass is 16.6. The molecular weight excluding hydrogens is 410 g/mol. The number of hydrogen-bond donors (Lipinski definition) is 1. The van der Waals surface area contributed by atoms with Crippen LogP contribution in [0.15, 0.2) is 54.6 Å². The number of ether oxygens (including phenoxy) is 2. The van der Waals surface area contributed by atoms with Gasteiger partial charge in [-0.05, 0) is 38.1 Å². The van der Waals surface area contributed by atoms with Crippen LogP contribution >= 0.6 is 0 Å². The molecule has 164 valence electrons. The summed E-state index contributed by atoms with van der Waals surface area (Å²) < 4.78 is 12.9. The van der Waals surface area contributed by atoms with Gasteiger partial charge < -0.3 is 19.4 Å². The number of nitrogens with one attached hydrogen (secondary N) is 1. The Balaban J connectivity index is 1.75. The normalized spacial score (nSPS) is 11.0. The van der Waals surface area contributed by atoms with Crippen molar-refractivity contribution in [2.45, 2.75) is 20.4 Å². The number of benzene rings is 3. The lowest BCUT2D eigenvalue weighted by Gasteiger charge is -2.12. The molecule has 0 atom stereocenters. The minimum Gasteiger partial charge on any atom is -0.493 e. The van der Waals surface area contributed by atoms with Gasteiger partial charge in [0, 0.05) is 40.1 Å². The molecular formula is C24H23N3O5. The van der Waals surface area contributed by atoms with E-state index in [0.717, 1.165) is 28.4 Å². The van der Waals surface area contributed by atoms with Crippen LogP contribution in [0.2, 0.25) is 0 Å². The number of anilines is 1. The summed E-state index contributed by atoms with van der Waals surface area (Å²) in [5.74, 6) is -0.132. The van der Waals surface area contributed by atoms with Crippen LogP contribution in [-0.2, 0) is 6.54 Å². The van der Waals surface area contributed by atoms with Gasteiger partial charge in [-0.2, -0.15) is 0 Å². The maximum absolute atomic E-state index is 13.0. The molecule has 0 spiro atoms. The topological polar surface area (TPSA) is 95.6 Å². The average Bonchev–Trinajstić information content (AvgIpc) is 3.11. The quantitative estimate of drug-likeness (QED) is 0.312. The minimum atomic E-state index is -0.602. The van der Waals surface area contributed by atoms with Crippen LogP contribution in [0, 0.1) is 10.1 Å². The van der Waals surface area contributed by atoms with Crippen molar-refractivity contribution < 1.29 is 19.2 Å². The Hall–Kier alpha value is -4.07. The standard InChI is InChI=1S/C24H23N3O5/c1-4-26-19-9-7-6-8-16(19)17-12-15(10-11-20(17)26)25-24(28)18-13-22(31-3)23(32-5-2)14-21(18)27(29)30/h6-14H,4-5H2,1-3H3,(H,25,28). The number of nitrogens with zero attached hydrogens (tertiary/aromatic N) is 2. The van der Waals surface area contributed by atoms with Crippen molar-refractivity contribution >= 4 is 39.1 Å². The Morgan fingerprint density at radius 2 is 1.78 bits per heavy atom. The Bertz CT molecular complexity index is 1340. The largest absolute Gasteiger partial charge is 0.493 e. The zero-order valence-electron chi connectivity index (χ0n) is 18.0. The number of nitro benzene ring substituents is 1. The maximum atomic E-state index is 13.0. The van der Waals surface area contributed by atoms with E-state index < -0.39 is 10.8 Å². The summed E-state index contributed by atoms with van der Waals surface area (Å²) in [5.41, 5.74) is 2.26. The molecule has 4 aromatic rings. The fraction of sp³-hybridized carbons (Fsp3) is 0.208. The van der Waals surface area contributed by atoms with Crippen LogP contribution in [0.1, 0.15) is 24.2 Å². The number of para-hydroxylation sites is 1. The van der Waals surface area contributed by atoms with Gasteiger partial charge in [-0.3, -0.25) is 14.9 Å². The molecule has 0 aliphatic heterocycles. The number of amides is 1. The molecule has 0 saturated carbocycles. The third-order valence-corrected chi connectivity index (χ3v) is 5.37. The fourth-order valence-corrected chi connectivity index (χ4v) is 3.98. The molecule has 0 unspecified atom stereocenters. The highest BCUT2D eigenvalue weighted by Crippen LogP contribution is 2.36. The maximum Gasteiger partial charge on any atom is 0.286 e. The Kier molecular flexibility index (Phi) is 5.68. The second-order valence-electron chi connectivity index (χ2n) is 7.16. The predicted molar refractivity (Wildman–Crippen MR) is 124 cm³/mol. The van der Waals surface area contributed by atoms with Gasteiger partial charge in [-0.15, -0.1) is 0 Å². The molecule has 1 amide bonds. The third kappa shape index (κ3) is 3.60. The SMILES string of the molecule is CCOc1cc([N+](=O)[O-])c(C(=O)Nc2ccc3c(c2)c2ccccc2n3CC)cc1OC. The van der Waals surface area contributed by atoms with E-state index >= 15 is 0 Å². The van der Waals surface area contributed by atoms with Crippen molar-refractivity contribution in [3.05, 3.63) is 70.3 Å². The number of rotatable bonds is 7. The van der Waals surface area contributed by atoms with Gasteiger partial charge in [-0.1, -0.05) is 18.2 Å². The number of carbonyl (C=O) groups excluding carboxylic acids is 1. The summed E-state index contributed by atoms with van der Waals surface area (Å²) >= 11 is 0. The average molecular weight is 433 g/mol. The number of aromatic nitrogens is 1. The van der Waals surface area contributed by atoms with E-state index in [1.807, 2.05) is 30.3 Å². The summed E-state index contributed by atoms with van der Waals surface area (Å²) in [7, 11) is 1.42. The third-order valence-electron chi connectivity index (χ3n) is 5.37. The van der Waals surface area contributed by atoms with Crippen molar-refractivity contribution in [3.8, 4) is 11.5 Å². The molecule has 0 bridgehead atoms. The Morgan fingerprint density at radius 1 is 1.03 bits per heavy atom. The summed E-state index contributed by atoms with van der Waals surface area (Å²) in [6.07, 6.45) is 0. The van der Waals surface area contributed by atoms with Gasteiger partial charge >= 0.3 is 0 Å². The molecule has 0 aliphatic rings. The van der Waals surface area contributed by atoms with E-state index in [1.54, 1.807) is 13.0 Å². The molecule has 1 heterocycles. The van der Waals surface area contributed by atoms with Crippen molar-refractivity contribution in [2.24, 2.45) is 0 Å². The molecule has 0 fully saturated rings. The Morgan fingerprint density at radius 3 is 2.47 bits per heavy atom. The summed E-state index contributed by atoms with van der Waals surface area (Å²) in [6.45, 7) is 4.97. The molecule has 0 radical (unpaired) electrons. The van der Waals surface area contributed by atoms with E-state index in [-0.39, 0.29) is 22.7 Å². The van der Waals surface area contributed by atoms with Gasteiger partial charge in [0.15, 0.2) is 11.5 Å². The van der Waals surface area contributed by atoms with Crippen LogP contribution in [0.4, 0.5) is 11.4 Å². The second kappa shape index (κ2) is 8.58. The Labute approximate surface area is 184 Å². The second-order valence-corrected chi connectivity index (χ2v) is 7.16. The summed E-state index contributed by atoms with van der Waals surface area (Å²) in [6, 6.07) is 16.3. The van der Waals surface area contributed by atoms with Crippen molar-refractivity contribution in [2.75, 3.05) is 19.0 Å². The fourth-order valence-electron chi connectivity index (χ4n) is 3.98. The highest BCUT2D eigenvalue weighted by molar-refractivity contribution is 6.12. The van der Waals surface area contributed by atoms with E-state index in [0.29, 0.717) is 12.3 Å². The van der Waals surface area contributed by atoms with Gasteiger partial charge in [0.1, 0.15) is 5.56 Å². The predicted octanol–water partition coefficient (Wildman–Crippen LogP) is 5.38. The van der Waals surface area contributed by atoms with E-state index in [4.69, 9.17) is 9.47 Å². The smallest absolute Gasteiger partial charge is 0.286 e. The molecule has 8 nitrogen and oxygen atoms in total. The molecule has 32 heavy (non-hydrogen) atoms.